The molecule has 29 heavy (non-hydrogen) atoms. The number of rotatable bonds is 5. The molecule has 3 heterocycles. The van der Waals surface area contributed by atoms with Crippen molar-refractivity contribution in [2.75, 3.05) is 13.2 Å². The fourth-order valence-corrected chi connectivity index (χ4v) is 3.74. The maximum atomic E-state index is 12.5. The summed E-state index contributed by atoms with van der Waals surface area (Å²) in [5, 5.41) is 8.93. The van der Waals surface area contributed by atoms with Crippen LogP contribution in [0.3, 0.4) is 0 Å². The van der Waals surface area contributed by atoms with E-state index in [1.807, 2.05) is 42.8 Å². The van der Waals surface area contributed by atoms with Crippen molar-refractivity contribution in [3.05, 3.63) is 48.0 Å². The maximum Gasteiger partial charge on any atom is 0.328 e. The number of nitrogens with one attached hydrogen (secondary N) is 3. The molecule has 0 saturated carbocycles. The number of urea groups is 2. The van der Waals surface area contributed by atoms with Gasteiger partial charge in [0.2, 0.25) is 0 Å². The van der Waals surface area contributed by atoms with Gasteiger partial charge < -0.3 is 19.9 Å². The summed E-state index contributed by atoms with van der Waals surface area (Å²) in [4.78, 5) is 30.6. The maximum absolute atomic E-state index is 12.5. The van der Waals surface area contributed by atoms with Crippen LogP contribution >= 0.6 is 0 Å². The van der Waals surface area contributed by atoms with Crippen LogP contribution in [0.4, 0.5) is 9.59 Å². The molecule has 154 valence electrons. The highest BCUT2D eigenvalue weighted by Crippen LogP contribution is 2.19. The van der Waals surface area contributed by atoms with Gasteiger partial charge in [0.25, 0.3) is 0 Å². The lowest BCUT2D eigenvalue weighted by molar-refractivity contribution is 0.0492. The molecule has 2 fully saturated rings. The number of imide groups is 1. The lowest BCUT2D eigenvalue weighted by atomic mass is 10.1. The summed E-state index contributed by atoms with van der Waals surface area (Å²) in [6.07, 6.45) is 4.43. The molecule has 4 rings (SSSR count). The van der Waals surface area contributed by atoms with Crippen LogP contribution in [0, 0.1) is 6.92 Å². The number of carbonyl (C=O) groups excluding carboxylic acids is 2. The predicted octanol–water partition coefficient (Wildman–Crippen LogP) is 2.03. The van der Waals surface area contributed by atoms with E-state index >= 15 is 0 Å². The molecule has 0 unspecified atom stereocenters. The topological polar surface area (TPSA) is 101 Å². The molecule has 9 heteroatoms. The van der Waals surface area contributed by atoms with Crippen LogP contribution in [-0.4, -0.2) is 52.1 Å². The van der Waals surface area contributed by atoms with Gasteiger partial charge in [-0.3, -0.25) is 5.32 Å². The van der Waals surface area contributed by atoms with Gasteiger partial charge in [0.1, 0.15) is 0 Å². The fourth-order valence-electron chi connectivity index (χ4n) is 3.74. The van der Waals surface area contributed by atoms with E-state index in [4.69, 9.17) is 4.74 Å². The van der Waals surface area contributed by atoms with Crippen molar-refractivity contribution in [2.45, 2.75) is 45.1 Å². The van der Waals surface area contributed by atoms with Crippen LogP contribution < -0.4 is 16.0 Å². The first kappa shape index (κ1) is 19.4. The van der Waals surface area contributed by atoms with E-state index < -0.39 is 6.29 Å². The van der Waals surface area contributed by atoms with Crippen molar-refractivity contribution in [3.8, 4) is 5.69 Å². The van der Waals surface area contributed by atoms with Crippen LogP contribution in [0.15, 0.2) is 36.8 Å². The average molecular weight is 398 g/mol. The minimum absolute atomic E-state index is 0.0974. The first-order chi connectivity index (χ1) is 14.0. The number of aryl methyl sites for hydroxylation is 1. The smallest absolute Gasteiger partial charge is 0.328 e. The van der Waals surface area contributed by atoms with Crippen LogP contribution in [0.1, 0.15) is 37.1 Å². The largest absolute Gasteiger partial charge is 0.381 e. The van der Waals surface area contributed by atoms with E-state index in [0.29, 0.717) is 26.1 Å². The number of hydrogen-bond donors (Lipinski definition) is 3. The van der Waals surface area contributed by atoms with Crippen LogP contribution in [0.2, 0.25) is 0 Å². The van der Waals surface area contributed by atoms with E-state index in [1.165, 1.54) is 4.90 Å². The molecule has 0 bridgehead atoms. The summed E-state index contributed by atoms with van der Waals surface area (Å²) >= 11 is 0. The molecule has 2 aliphatic heterocycles. The van der Waals surface area contributed by atoms with Gasteiger partial charge in [-0.25, -0.2) is 19.5 Å². The van der Waals surface area contributed by atoms with Crippen molar-refractivity contribution >= 4 is 12.1 Å². The average Bonchev–Trinajstić information content (AvgIpc) is 3.15. The molecule has 9 nitrogen and oxygen atoms in total. The van der Waals surface area contributed by atoms with Gasteiger partial charge in [-0.15, -0.1) is 0 Å². The third-order valence-electron chi connectivity index (χ3n) is 5.33. The Labute approximate surface area is 169 Å². The van der Waals surface area contributed by atoms with Crippen LogP contribution in [0.5, 0.6) is 0 Å². The lowest BCUT2D eigenvalue weighted by Crippen LogP contribution is -2.70. The summed E-state index contributed by atoms with van der Waals surface area (Å²) in [7, 11) is 0. The quantitative estimate of drug-likeness (QED) is 0.716. The number of ether oxygens (including phenoxy) is 1. The van der Waals surface area contributed by atoms with E-state index in [0.717, 1.165) is 16.9 Å². The molecular weight excluding hydrogens is 372 g/mol. The summed E-state index contributed by atoms with van der Waals surface area (Å²) in [6, 6.07) is 7.06. The normalized spacial score (nSPS) is 19.7. The van der Waals surface area contributed by atoms with Crippen molar-refractivity contribution in [2.24, 2.45) is 0 Å². The Morgan fingerprint density at radius 2 is 1.93 bits per heavy atom. The van der Waals surface area contributed by atoms with Gasteiger partial charge >= 0.3 is 12.1 Å². The minimum Gasteiger partial charge on any atom is -0.381 e. The van der Waals surface area contributed by atoms with Crippen molar-refractivity contribution in [3.63, 3.8) is 0 Å². The number of amides is 4. The number of hydrogen-bond acceptors (Lipinski definition) is 5. The molecule has 3 N–H and O–H groups in total. The standard InChI is InChI=1S/C20H26N6O3/c1-13-11-25(12-21-13)17-5-3-4-15(10-17)14(2)22-18-23-19(27)26(20(28)24-18)16-6-8-29-9-7-16/h3-5,10-12,14,16,18,22H,6-9H2,1-2H3,(H,23,27)(H,24,28)/t14-/m0/s1. The van der Waals surface area contributed by atoms with E-state index in [1.54, 1.807) is 6.33 Å². The first-order valence-electron chi connectivity index (χ1n) is 9.86. The Balaban J connectivity index is 1.41. The van der Waals surface area contributed by atoms with Crippen molar-refractivity contribution < 1.29 is 14.3 Å². The Hall–Kier alpha value is -2.91. The van der Waals surface area contributed by atoms with Crippen molar-refractivity contribution in [1.82, 2.24) is 30.4 Å². The second-order valence-electron chi connectivity index (χ2n) is 7.45. The number of nitrogens with zero attached hydrogens (tertiary/aromatic N) is 3. The molecule has 0 aliphatic carbocycles. The van der Waals surface area contributed by atoms with Gasteiger partial charge in [-0.2, -0.15) is 0 Å². The predicted molar refractivity (Wildman–Crippen MR) is 106 cm³/mol. The highest BCUT2D eigenvalue weighted by atomic mass is 16.5. The Morgan fingerprint density at radius 3 is 2.59 bits per heavy atom. The molecule has 1 aromatic heterocycles. The van der Waals surface area contributed by atoms with Crippen LogP contribution in [0.25, 0.3) is 5.69 Å². The van der Waals surface area contributed by atoms with Crippen LogP contribution in [-0.2, 0) is 4.74 Å². The molecule has 2 aromatic rings. The summed E-state index contributed by atoms with van der Waals surface area (Å²) < 4.78 is 7.28. The highest BCUT2D eigenvalue weighted by molar-refractivity contribution is 5.96. The van der Waals surface area contributed by atoms with E-state index in [2.05, 4.69) is 27.0 Å². The van der Waals surface area contributed by atoms with Gasteiger partial charge in [-0.05, 0) is 44.4 Å². The zero-order valence-electron chi connectivity index (χ0n) is 16.6. The Bertz CT molecular complexity index is 874. The minimum atomic E-state index is -0.639. The lowest BCUT2D eigenvalue weighted by Gasteiger charge is -2.39. The highest BCUT2D eigenvalue weighted by Gasteiger charge is 2.37. The fraction of sp³-hybridized carbons (Fsp3) is 0.450. The second-order valence-corrected chi connectivity index (χ2v) is 7.45. The third kappa shape index (κ3) is 4.25. The first-order valence-corrected chi connectivity index (χ1v) is 9.86. The zero-order chi connectivity index (χ0) is 20.4. The van der Waals surface area contributed by atoms with Gasteiger partial charge in [0.05, 0.1) is 12.0 Å². The summed E-state index contributed by atoms with van der Waals surface area (Å²) in [6.45, 7) is 5.06. The monoisotopic (exact) mass is 398 g/mol. The van der Waals surface area contributed by atoms with Gasteiger partial charge in [0, 0.05) is 37.2 Å². The molecule has 4 amide bonds. The van der Waals surface area contributed by atoms with E-state index in [-0.39, 0.29) is 24.1 Å². The molecule has 2 aliphatic rings. The SMILES string of the molecule is Cc1cn(-c2cccc([C@H](C)NC3NC(=O)N(C4CCOCC4)C(=O)N3)c2)cn1. The molecule has 2 saturated heterocycles. The molecule has 1 atom stereocenters. The van der Waals surface area contributed by atoms with Gasteiger partial charge in [0.15, 0.2) is 6.29 Å². The third-order valence-corrected chi connectivity index (χ3v) is 5.33. The number of aromatic nitrogens is 2. The summed E-state index contributed by atoms with van der Waals surface area (Å²) in [5.74, 6) is 0. The zero-order valence-corrected chi connectivity index (χ0v) is 16.6. The Kier molecular flexibility index (Phi) is 5.50. The van der Waals surface area contributed by atoms with E-state index in [9.17, 15) is 9.59 Å². The van der Waals surface area contributed by atoms with Gasteiger partial charge in [-0.1, -0.05) is 12.1 Å². The number of carbonyl (C=O) groups is 2. The molecule has 0 spiro atoms. The number of imidazole rings is 1. The molecule has 0 radical (unpaired) electrons. The second kappa shape index (κ2) is 8.22. The Morgan fingerprint density at radius 1 is 1.21 bits per heavy atom. The molecular formula is C20H26N6O3. The summed E-state index contributed by atoms with van der Waals surface area (Å²) in [5.41, 5.74) is 2.98. The number of benzene rings is 1. The van der Waals surface area contributed by atoms with Crippen molar-refractivity contribution in [1.29, 1.82) is 0 Å². The molecule has 1 aromatic carbocycles.